The molecule has 0 fully saturated rings. The third-order valence-corrected chi connectivity index (χ3v) is 5.92. The minimum Gasteiger partial charge on any atom is -0.438 e. The Hall–Kier alpha value is -1.93. The van der Waals surface area contributed by atoms with E-state index in [4.69, 9.17) is 9.41 Å². The van der Waals surface area contributed by atoms with Crippen molar-refractivity contribution in [3.05, 3.63) is 58.9 Å². The summed E-state index contributed by atoms with van der Waals surface area (Å²) in [4.78, 5) is 9.35. The van der Waals surface area contributed by atoms with Gasteiger partial charge in [-0.05, 0) is 47.0 Å². The molecule has 0 spiro atoms. The molecule has 1 aliphatic heterocycles. The molecule has 0 saturated carbocycles. The van der Waals surface area contributed by atoms with E-state index in [0.717, 1.165) is 16.3 Å². The molecule has 1 aliphatic rings. The van der Waals surface area contributed by atoms with Gasteiger partial charge in [0.1, 0.15) is 11.6 Å². The van der Waals surface area contributed by atoms with E-state index in [1.54, 1.807) is 11.8 Å². The molecule has 3 aromatic rings. The van der Waals surface area contributed by atoms with Crippen LogP contribution in [0.3, 0.4) is 0 Å². The number of halogens is 3. The van der Waals surface area contributed by atoms with E-state index in [0.29, 0.717) is 17.0 Å². The second kappa shape index (κ2) is 7.24. The van der Waals surface area contributed by atoms with Crippen LogP contribution in [0, 0.1) is 0 Å². The molecule has 2 heterocycles. The Morgan fingerprint density at radius 3 is 2.74 bits per heavy atom. The third kappa shape index (κ3) is 4.01. The molecular weight excluding hydrogens is 393 g/mol. The third-order valence-electron chi connectivity index (χ3n) is 4.09. The van der Waals surface area contributed by atoms with Gasteiger partial charge in [0, 0.05) is 4.90 Å². The normalized spacial score (nSPS) is 19.4. The number of alkyl halides is 3. The number of aromatic nitrogens is 1. The van der Waals surface area contributed by atoms with Crippen molar-refractivity contribution >= 4 is 40.7 Å². The fourth-order valence-corrected chi connectivity index (χ4v) is 4.57. The molecule has 0 bridgehead atoms. The highest BCUT2D eigenvalue weighted by Crippen LogP contribution is 2.39. The number of hydrogen-bond acceptors (Lipinski definition) is 5. The maximum absolute atomic E-state index is 12.6. The lowest BCUT2D eigenvalue weighted by atomic mass is 10.1. The first kappa shape index (κ1) is 18.4. The lowest BCUT2D eigenvalue weighted by Crippen LogP contribution is -2.33. The van der Waals surface area contributed by atoms with E-state index in [2.05, 4.69) is 18.0 Å². The van der Waals surface area contributed by atoms with Crippen molar-refractivity contribution in [2.75, 3.05) is 5.75 Å². The molecular formula is C19H15F3N2OS2. The van der Waals surface area contributed by atoms with E-state index in [1.165, 1.54) is 18.2 Å². The number of fused-ring (bicyclic) bond motifs is 2. The lowest BCUT2D eigenvalue weighted by Gasteiger charge is -2.20. The molecule has 27 heavy (non-hydrogen) atoms. The maximum atomic E-state index is 12.6. The van der Waals surface area contributed by atoms with E-state index in [-0.39, 0.29) is 27.9 Å². The molecule has 140 valence electrons. The number of benzene rings is 2. The monoisotopic (exact) mass is 408 g/mol. The molecule has 0 saturated heterocycles. The van der Waals surface area contributed by atoms with Crippen LogP contribution in [0.4, 0.5) is 13.2 Å². The summed E-state index contributed by atoms with van der Waals surface area (Å²) >= 11 is 1.58. The van der Waals surface area contributed by atoms with Gasteiger partial charge < -0.3 is 4.42 Å². The maximum Gasteiger partial charge on any atom is 0.446 e. The van der Waals surface area contributed by atoms with Gasteiger partial charge >= 0.3 is 5.51 Å². The largest absolute Gasteiger partial charge is 0.446 e. The molecule has 1 aromatic heterocycles. The summed E-state index contributed by atoms with van der Waals surface area (Å²) in [6.07, 6.45) is 2.15. The highest BCUT2D eigenvalue weighted by Gasteiger charge is 2.30. The quantitative estimate of drug-likeness (QED) is 0.586. The summed E-state index contributed by atoms with van der Waals surface area (Å²) in [5.41, 5.74) is -3.46. The van der Waals surface area contributed by atoms with Gasteiger partial charge in [-0.15, -0.1) is 0 Å². The number of oxazole rings is 1. The molecule has 3 nitrogen and oxygen atoms in total. The Morgan fingerprint density at radius 1 is 1.15 bits per heavy atom. The Kier molecular flexibility index (Phi) is 4.94. The van der Waals surface area contributed by atoms with Crippen LogP contribution in [0.15, 0.2) is 56.8 Å². The zero-order valence-electron chi connectivity index (χ0n) is 14.2. The lowest BCUT2D eigenvalue weighted by molar-refractivity contribution is -0.0328. The van der Waals surface area contributed by atoms with Gasteiger partial charge in [-0.25, -0.2) is 4.98 Å². The van der Waals surface area contributed by atoms with Gasteiger partial charge in [-0.2, -0.15) is 24.9 Å². The molecule has 2 aromatic carbocycles. The number of thioether (sulfide) groups is 2. The van der Waals surface area contributed by atoms with Crippen LogP contribution in [-0.2, 0) is 0 Å². The first-order chi connectivity index (χ1) is 12.9. The van der Waals surface area contributed by atoms with Crippen molar-refractivity contribution in [3.8, 4) is 0 Å². The molecule has 0 amide bonds. The van der Waals surface area contributed by atoms with E-state index >= 15 is 0 Å². The van der Waals surface area contributed by atoms with Crippen molar-refractivity contribution in [1.29, 1.82) is 0 Å². The van der Waals surface area contributed by atoms with Gasteiger partial charge in [0.05, 0.1) is 10.6 Å². The standard InChI is InChI=1S/C19H15F3N2OS2/c1-2-26-16-9-11-5-3-4-6-13(11)23-17(16)18-24-14-10-12(27-19(20,21)22)7-8-15(14)25-18/h3-10,16-17H,2H2,1H3. The van der Waals surface area contributed by atoms with Crippen LogP contribution < -0.4 is 10.6 Å². The van der Waals surface area contributed by atoms with Gasteiger partial charge in [0.2, 0.25) is 5.89 Å². The minimum atomic E-state index is -4.33. The average molecular weight is 408 g/mol. The fraction of sp³-hybridized carbons (Fsp3) is 0.263. The van der Waals surface area contributed by atoms with Crippen molar-refractivity contribution in [3.63, 3.8) is 0 Å². The van der Waals surface area contributed by atoms with Gasteiger partial charge in [-0.1, -0.05) is 31.2 Å². The van der Waals surface area contributed by atoms with Crippen molar-refractivity contribution in [2.24, 2.45) is 4.99 Å². The van der Waals surface area contributed by atoms with Crippen LogP contribution in [0.1, 0.15) is 18.9 Å². The smallest absolute Gasteiger partial charge is 0.438 e. The second-order valence-corrected chi connectivity index (χ2v) is 8.54. The topological polar surface area (TPSA) is 38.4 Å². The van der Waals surface area contributed by atoms with E-state index < -0.39 is 5.51 Å². The molecule has 2 atom stereocenters. The number of para-hydroxylation sites is 1. The van der Waals surface area contributed by atoms with Gasteiger partial charge in [0.25, 0.3) is 0 Å². The predicted molar refractivity (Wildman–Crippen MR) is 102 cm³/mol. The van der Waals surface area contributed by atoms with Crippen molar-refractivity contribution in [1.82, 2.24) is 4.98 Å². The summed E-state index contributed by atoms with van der Waals surface area (Å²) in [5.74, 6) is 1.33. The minimum absolute atomic E-state index is 0.0574. The zero-order valence-corrected chi connectivity index (χ0v) is 15.9. The first-order valence-electron chi connectivity index (χ1n) is 8.35. The summed E-state index contributed by atoms with van der Waals surface area (Å²) in [7, 11) is 0. The highest BCUT2D eigenvalue weighted by molar-refractivity contribution is 8.00. The first-order valence-corrected chi connectivity index (χ1v) is 10.2. The van der Waals surface area contributed by atoms with Crippen LogP contribution in [0.25, 0.3) is 17.2 Å². The fourth-order valence-electron chi connectivity index (χ4n) is 3.01. The Bertz CT molecular complexity index is 1090. The molecule has 0 radical (unpaired) electrons. The SMILES string of the molecule is CCSC1C=c2ccccc2=NC1c1nc2cc(SC(F)(F)F)ccc2o1. The molecule has 4 rings (SSSR count). The summed E-state index contributed by atoms with van der Waals surface area (Å²) in [5, 5.41) is 1.99. The molecule has 2 unspecified atom stereocenters. The number of rotatable bonds is 4. The van der Waals surface area contributed by atoms with E-state index in [1.807, 2.05) is 24.3 Å². The van der Waals surface area contributed by atoms with Gasteiger partial charge in [-0.3, -0.25) is 4.99 Å². The summed E-state index contributed by atoms with van der Waals surface area (Å²) in [6.45, 7) is 2.07. The Morgan fingerprint density at radius 2 is 1.96 bits per heavy atom. The van der Waals surface area contributed by atoms with Gasteiger partial charge in [0.15, 0.2) is 5.58 Å². The predicted octanol–water partition coefficient (Wildman–Crippen LogP) is 4.72. The van der Waals surface area contributed by atoms with E-state index in [9.17, 15) is 13.2 Å². The summed E-state index contributed by atoms with van der Waals surface area (Å²) < 4.78 is 43.7. The molecule has 8 heteroatoms. The summed E-state index contributed by atoms with van der Waals surface area (Å²) in [6, 6.07) is 11.9. The number of hydrogen-bond donors (Lipinski definition) is 0. The Balaban J connectivity index is 1.75. The highest BCUT2D eigenvalue weighted by atomic mass is 32.2. The Labute approximate surface area is 161 Å². The zero-order chi connectivity index (χ0) is 19.0. The molecule has 0 aliphatic carbocycles. The van der Waals surface area contributed by atoms with Crippen LogP contribution in [0.2, 0.25) is 0 Å². The average Bonchev–Trinajstić information content (AvgIpc) is 3.03. The van der Waals surface area contributed by atoms with Crippen LogP contribution in [-0.4, -0.2) is 21.5 Å². The van der Waals surface area contributed by atoms with Crippen molar-refractivity contribution in [2.45, 2.75) is 28.6 Å². The second-order valence-electron chi connectivity index (χ2n) is 5.95. The van der Waals surface area contributed by atoms with Crippen molar-refractivity contribution < 1.29 is 17.6 Å². The van der Waals surface area contributed by atoms with Crippen LogP contribution in [0.5, 0.6) is 0 Å². The number of nitrogens with zero attached hydrogens (tertiary/aromatic N) is 2. The molecule has 0 N–H and O–H groups in total. The van der Waals surface area contributed by atoms with Crippen LogP contribution >= 0.6 is 23.5 Å².